The van der Waals surface area contributed by atoms with E-state index in [-0.39, 0.29) is 30.0 Å². The van der Waals surface area contributed by atoms with Crippen LogP contribution in [-0.2, 0) is 4.79 Å². The van der Waals surface area contributed by atoms with Crippen molar-refractivity contribution in [2.24, 2.45) is 0 Å². The molecule has 0 aliphatic heterocycles. The lowest BCUT2D eigenvalue weighted by Crippen LogP contribution is -2.31. The summed E-state index contributed by atoms with van der Waals surface area (Å²) in [6, 6.07) is 3.22. The van der Waals surface area contributed by atoms with E-state index in [9.17, 15) is 14.9 Å². The van der Waals surface area contributed by atoms with Crippen LogP contribution in [0.2, 0.25) is 0 Å². The summed E-state index contributed by atoms with van der Waals surface area (Å²) in [6.07, 6.45) is 2.02. The molecule has 0 bridgehead atoms. The van der Waals surface area contributed by atoms with E-state index in [4.69, 9.17) is 0 Å². The molecule has 1 aliphatic rings. The van der Waals surface area contributed by atoms with Crippen LogP contribution in [0.5, 0.6) is 0 Å². The van der Waals surface area contributed by atoms with Gasteiger partial charge < -0.3 is 10.6 Å². The monoisotopic (exact) mass is 250 g/mol. The average Bonchev–Trinajstić information content (AvgIpc) is 3.10. The van der Waals surface area contributed by atoms with Crippen molar-refractivity contribution in [1.29, 1.82) is 0 Å². The molecular weight excluding hydrogens is 236 g/mol. The Morgan fingerprint density at radius 3 is 2.89 bits per heavy atom. The fraction of sp³-hybridized carbons (Fsp3) is 0.455. The summed E-state index contributed by atoms with van der Waals surface area (Å²) in [5.74, 6) is -0.0407. The summed E-state index contributed by atoms with van der Waals surface area (Å²) in [5, 5.41) is 16.3. The van der Waals surface area contributed by atoms with Gasteiger partial charge in [-0.05, 0) is 25.8 Å². The smallest absolute Gasteiger partial charge is 0.311 e. The molecule has 1 amide bonds. The highest BCUT2D eigenvalue weighted by Gasteiger charge is 2.23. The Morgan fingerprint density at radius 1 is 1.56 bits per heavy atom. The highest BCUT2D eigenvalue weighted by Crippen LogP contribution is 2.22. The second-order valence-electron chi connectivity index (χ2n) is 4.27. The van der Waals surface area contributed by atoms with E-state index in [1.54, 1.807) is 13.0 Å². The Hall–Kier alpha value is -2.18. The molecule has 1 heterocycles. The number of anilines is 1. The van der Waals surface area contributed by atoms with E-state index >= 15 is 0 Å². The third kappa shape index (κ3) is 3.16. The quantitative estimate of drug-likeness (QED) is 0.600. The zero-order valence-corrected chi connectivity index (χ0v) is 9.97. The van der Waals surface area contributed by atoms with Crippen molar-refractivity contribution in [2.75, 3.05) is 11.9 Å². The number of nitro groups is 1. The lowest BCUT2D eigenvalue weighted by Gasteiger charge is -2.07. The minimum atomic E-state index is -0.520. The van der Waals surface area contributed by atoms with Crippen molar-refractivity contribution in [3.63, 3.8) is 0 Å². The van der Waals surface area contributed by atoms with Crippen LogP contribution >= 0.6 is 0 Å². The van der Waals surface area contributed by atoms with Gasteiger partial charge in [0.1, 0.15) is 0 Å². The number of hydrogen-bond acceptors (Lipinski definition) is 5. The van der Waals surface area contributed by atoms with Gasteiger partial charge in [0.05, 0.1) is 11.5 Å². The normalized spacial score (nSPS) is 14.1. The largest absolute Gasteiger partial charge is 0.355 e. The van der Waals surface area contributed by atoms with E-state index in [2.05, 4.69) is 15.6 Å². The first-order valence-electron chi connectivity index (χ1n) is 5.71. The zero-order valence-electron chi connectivity index (χ0n) is 9.97. The molecule has 1 saturated carbocycles. The lowest BCUT2D eigenvalue weighted by atomic mass is 10.3. The van der Waals surface area contributed by atoms with Crippen LogP contribution < -0.4 is 10.6 Å². The van der Waals surface area contributed by atoms with Gasteiger partial charge in [-0.3, -0.25) is 14.9 Å². The van der Waals surface area contributed by atoms with Gasteiger partial charge in [0.2, 0.25) is 11.7 Å². The van der Waals surface area contributed by atoms with Crippen molar-refractivity contribution >= 4 is 17.4 Å². The highest BCUT2D eigenvalue weighted by molar-refractivity contribution is 5.81. The molecule has 0 atom stereocenters. The number of nitrogens with one attached hydrogen (secondary N) is 2. The summed E-state index contributed by atoms with van der Waals surface area (Å²) in [6.45, 7) is 1.73. The first-order valence-corrected chi connectivity index (χ1v) is 5.71. The number of hydrogen-bond donors (Lipinski definition) is 2. The molecule has 0 unspecified atom stereocenters. The Balaban J connectivity index is 2.00. The minimum absolute atomic E-state index is 0.00616. The number of pyridine rings is 1. The molecule has 0 aromatic carbocycles. The number of nitrogens with zero attached hydrogens (tertiary/aromatic N) is 2. The number of rotatable bonds is 5. The SMILES string of the molecule is Cc1ccc([N+](=O)[O-])c(NCC(=O)NC2CC2)n1. The van der Waals surface area contributed by atoms with Crippen LogP contribution in [0.4, 0.5) is 11.5 Å². The van der Waals surface area contributed by atoms with Crippen molar-refractivity contribution in [1.82, 2.24) is 10.3 Å². The van der Waals surface area contributed by atoms with E-state index in [1.165, 1.54) is 6.07 Å². The van der Waals surface area contributed by atoms with Gasteiger partial charge in [-0.2, -0.15) is 0 Å². The molecule has 7 heteroatoms. The Labute approximate surface area is 104 Å². The molecule has 18 heavy (non-hydrogen) atoms. The lowest BCUT2D eigenvalue weighted by molar-refractivity contribution is -0.384. The van der Waals surface area contributed by atoms with Crippen LogP contribution in [0.15, 0.2) is 12.1 Å². The van der Waals surface area contributed by atoms with Gasteiger partial charge in [-0.15, -0.1) is 0 Å². The number of amides is 1. The molecule has 1 aliphatic carbocycles. The van der Waals surface area contributed by atoms with Gasteiger partial charge in [-0.1, -0.05) is 0 Å². The van der Waals surface area contributed by atoms with E-state index < -0.39 is 4.92 Å². The molecular formula is C11H14N4O3. The summed E-state index contributed by atoms with van der Waals surface area (Å²) in [5.41, 5.74) is 0.533. The molecule has 0 saturated heterocycles. The van der Waals surface area contributed by atoms with Crippen LogP contribution in [0.3, 0.4) is 0 Å². The van der Waals surface area contributed by atoms with Crippen molar-refractivity contribution < 1.29 is 9.72 Å². The van der Waals surface area contributed by atoms with Gasteiger partial charge in [-0.25, -0.2) is 4.98 Å². The first-order chi connectivity index (χ1) is 8.56. The second-order valence-corrected chi connectivity index (χ2v) is 4.27. The van der Waals surface area contributed by atoms with E-state index in [0.29, 0.717) is 5.69 Å². The molecule has 7 nitrogen and oxygen atoms in total. The van der Waals surface area contributed by atoms with Crippen LogP contribution in [0, 0.1) is 17.0 Å². The number of carbonyl (C=O) groups excluding carboxylic acids is 1. The zero-order chi connectivity index (χ0) is 13.1. The molecule has 0 spiro atoms. The molecule has 1 aromatic rings. The molecule has 1 aromatic heterocycles. The van der Waals surface area contributed by atoms with Crippen LogP contribution in [0.1, 0.15) is 18.5 Å². The summed E-state index contributed by atoms with van der Waals surface area (Å²) in [7, 11) is 0. The average molecular weight is 250 g/mol. The second kappa shape index (κ2) is 4.99. The summed E-state index contributed by atoms with van der Waals surface area (Å²) < 4.78 is 0. The summed E-state index contributed by atoms with van der Waals surface area (Å²) in [4.78, 5) is 25.8. The topological polar surface area (TPSA) is 97.2 Å². The van der Waals surface area contributed by atoms with Gasteiger partial charge in [0.15, 0.2) is 0 Å². The standard InChI is InChI=1S/C11H14N4O3/c1-7-2-5-9(15(17)18)11(13-7)12-6-10(16)14-8-3-4-8/h2,5,8H,3-4,6H2,1H3,(H,12,13)(H,14,16). The first kappa shape index (κ1) is 12.3. The van der Waals surface area contributed by atoms with Crippen molar-refractivity contribution in [2.45, 2.75) is 25.8 Å². The maximum atomic E-state index is 11.5. The highest BCUT2D eigenvalue weighted by atomic mass is 16.6. The Kier molecular flexibility index (Phi) is 3.40. The maximum Gasteiger partial charge on any atom is 0.311 e. The molecule has 2 rings (SSSR count). The van der Waals surface area contributed by atoms with Gasteiger partial charge in [0, 0.05) is 17.8 Å². The fourth-order valence-electron chi connectivity index (χ4n) is 1.50. The predicted octanol–water partition coefficient (Wildman–Crippen LogP) is 0.989. The van der Waals surface area contributed by atoms with Gasteiger partial charge in [0.25, 0.3) is 0 Å². The fourth-order valence-corrected chi connectivity index (χ4v) is 1.50. The molecule has 96 valence electrons. The number of aryl methyl sites for hydroxylation is 1. The predicted molar refractivity (Wildman–Crippen MR) is 65.3 cm³/mol. The Bertz CT molecular complexity index is 485. The number of carbonyl (C=O) groups is 1. The van der Waals surface area contributed by atoms with Crippen LogP contribution in [0.25, 0.3) is 0 Å². The minimum Gasteiger partial charge on any atom is -0.355 e. The third-order valence-electron chi connectivity index (χ3n) is 2.57. The molecule has 1 fully saturated rings. The van der Waals surface area contributed by atoms with Gasteiger partial charge >= 0.3 is 5.69 Å². The maximum absolute atomic E-state index is 11.5. The molecule has 0 radical (unpaired) electrons. The van der Waals surface area contributed by atoms with Crippen molar-refractivity contribution in [3.05, 3.63) is 27.9 Å². The summed E-state index contributed by atoms with van der Waals surface area (Å²) >= 11 is 0. The van der Waals surface area contributed by atoms with E-state index in [0.717, 1.165) is 12.8 Å². The van der Waals surface area contributed by atoms with Crippen molar-refractivity contribution in [3.8, 4) is 0 Å². The van der Waals surface area contributed by atoms with E-state index in [1.807, 2.05) is 0 Å². The molecule has 2 N–H and O–H groups in total. The van der Waals surface area contributed by atoms with Crippen LogP contribution in [-0.4, -0.2) is 28.4 Å². The third-order valence-corrected chi connectivity index (χ3v) is 2.57. The Morgan fingerprint density at radius 2 is 2.28 bits per heavy atom. The number of aromatic nitrogens is 1.